The Kier molecular flexibility index (Phi) is 2.93. The SMILES string of the molecule is CN1CCC(OC(C)(C)CN)C1=O. The molecule has 0 aliphatic carbocycles. The highest BCUT2D eigenvalue weighted by Crippen LogP contribution is 2.19. The van der Waals surface area contributed by atoms with Crippen molar-refractivity contribution in [2.45, 2.75) is 32.0 Å². The molecule has 1 rings (SSSR count). The molecule has 0 radical (unpaired) electrons. The van der Waals surface area contributed by atoms with Gasteiger partial charge in [-0.1, -0.05) is 0 Å². The molecule has 1 amide bonds. The van der Waals surface area contributed by atoms with E-state index in [-0.39, 0.29) is 12.0 Å². The van der Waals surface area contributed by atoms with Crippen LogP contribution in [-0.2, 0) is 9.53 Å². The summed E-state index contributed by atoms with van der Waals surface area (Å²) in [6, 6.07) is 0. The van der Waals surface area contributed by atoms with Gasteiger partial charge in [0.15, 0.2) is 0 Å². The predicted molar refractivity (Wildman–Crippen MR) is 50.3 cm³/mol. The Labute approximate surface area is 79.0 Å². The zero-order chi connectivity index (χ0) is 10.1. The second-order valence-electron chi connectivity index (χ2n) is 4.12. The van der Waals surface area contributed by atoms with E-state index in [0.717, 1.165) is 13.0 Å². The Morgan fingerprint density at radius 2 is 2.31 bits per heavy atom. The van der Waals surface area contributed by atoms with E-state index in [1.807, 2.05) is 13.8 Å². The molecule has 4 heteroatoms. The Hall–Kier alpha value is -0.610. The monoisotopic (exact) mass is 186 g/mol. The topological polar surface area (TPSA) is 55.6 Å². The molecule has 1 saturated heterocycles. The summed E-state index contributed by atoms with van der Waals surface area (Å²) in [5.41, 5.74) is 5.12. The van der Waals surface area contributed by atoms with Gasteiger partial charge in [-0.3, -0.25) is 4.79 Å². The summed E-state index contributed by atoms with van der Waals surface area (Å²) in [5.74, 6) is 0.0709. The number of ether oxygens (including phenoxy) is 1. The normalized spacial score (nSPS) is 24.2. The fourth-order valence-corrected chi connectivity index (χ4v) is 1.33. The number of carbonyl (C=O) groups excluding carboxylic acids is 1. The summed E-state index contributed by atoms with van der Waals surface area (Å²) in [4.78, 5) is 13.2. The number of likely N-dealkylation sites (tertiary alicyclic amines) is 1. The molecule has 1 heterocycles. The van der Waals surface area contributed by atoms with Crippen molar-refractivity contribution < 1.29 is 9.53 Å². The molecule has 0 saturated carbocycles. The van der Waals surface area contributed by atoms with E-state index in [2.05, 4.69) is 0 Å². The van der Waals surface area contributed by atoms with Crippen LogP contribution >= 0.6 is 0 Å². The van der Waals surface area contributed by atoms with Crippen molar-refractivity contribution in [1.82, 2.24) is 4.90 Å². The third-order valence-electron chi connectivity index (χ3n) is 2.33. The first-order chi connectivity index (χ1) is 5.96. The van der Waals surface area contributed by atoms with Crippen molar-refractivity contribution in [2.75, 3.05) is 20.1 Å². The summed E-state index contributed by atoms with van der Waals surface area (Å²) in [5, 5.41) is 0. The summed E-state index contributed by atoms with van der Waals surface area (Å²) in [7, 11) is 1.79. The molecular weight excluding hydrogens is 168 g/mol. The minimum Gasteiger partial charge on any atom is -0.361 e. The molecule has 1 aliphatic heterocycles. The molecule has 0 aromatic carbocycles. The van der Waals surface area contributed by atoms with E-state index in [1.165, 1.54) is 0 Å². The van der Waals surface area contributed by atoms with Crippen molar-refractivity contribution in [3.63, 3.8) is 0 Å². The molecule has 76 valence electrons. The molecule has 4 nitrogen and oxygen atoms in total. The molecule has 13 heavy (non-hydrogen) atoms. The van der Waals surface area contributed by atoms with E-state index < -0.39 is 5.60 Å². The van der Waals surface area contributed by atoms with Crippen LogP contribution in [-0.4, -0.2) is 42.6 Å². The van der Waals surface area contributed by atoms with Gasteiger partial charge in [0.25, 0.3) is 5.91 Å². The number of hydrogen-bond acceptors (Lipinski definition) is 3. The molecule has 1 aliphatic rings. The van der Waals surface area contributed by atoms with Crippen molar-refractivity contribution in [1.29, 1.82) is 0 Å². The first-order valence-corrected chi connectivity index (χ1v) is 4.59. The molecule has 0 aromatic heterocycles. The summed E-state index contributed by atoms with van der Waals surface area (Å²) >= 11 is 0. The van der Waals surface area contributed by atoms with Crippen molar-refractivity contribution in [3.8, 4) is 0 Å². The van der Waals surface area contributed by atoms with Crippen LogP contribution in [0.2, 0.25) is 0 Å². The zero-order valence-corrected chi connectivity index (χ0v) is 8.54. The molecular formula is C9H18N2O2. The van der Waals surface area contributed by atoms with E-state index in [1.54, 1.807) is 11.9 Å². The lowest BCUT2D eigenvalue weighted by molar-refractivity contribution is -0.144. The van der Waals surface area contributed by atoms with Gasteiger partial charge in [0.1, 0.15) is 6.10 Å². The van der Waals surface area contributed by atoms with Crippen LogP contribution in [0.15, 0.2) is 0 Å². The predicted octanol–water partition coefficient (Wildman–Crippen LogP) is -0.0290. The van der Waals surface area contributed by atoms with Crippen LogP contribution in [0.4, 0.5) is 0 Å². The maximum Gasteiger partial charge on any atom is 0.251 e. The average Bonchev–Trinajstić information content (AvgIpc) is 2.36. The highest BCUT2D eigenvalue weighted by Gasteiger charge is 2.34. The van der Waals surface area contributed by atoms with Crippen molar-refractivity contribution in [2.24, 2.45) is 5.73 Å². The molecule has 1 fully saturated rings. The van der Waals surface area contributed by atoms with Crippen molar-refractivity contribution >= 4 is 5.91 Å². The van der Waals surface area contributed by atoms with Gasteiger partial charge in [0, 0.05) is 26.6 Å². The standard InChI is InChI=1S/C9H18N2O2/c1-9(2,6-10)13-7-4-5-11(3)8(7)12/h7H,4-6,10H2,1-3H3. The van der Waals surface area contributed by atoms with Crippen LogP contribution < -0.4 is 5.73 Å². The fraction of sp³-hybridized carbons (Fsp3) is 0.889. The fourth-order valence-electron chi connectivity index (χ4n) is 1.33. The summed E-state index contributed by atoms with van der Waals surface area (Å²) < 4.78 is 5.61. The van der Waals surface area contributed by atoms with Gasteiger partial charge in [0.05, 0.1) is 5.60 Å². The number of nitrogens with two attached hydrogens (primary N) is 1. The molecule has 0 aromatic rings. The maximum absolute atomic E-state index is 11.5. The number of rotatable bonds is 3. The van der Waals surface area contributed by atoms with E-state index >= 15 is 0 Å². The lowest BCUT2D eigenvalue weighted by atomic mass is 10.1. The molecule has 1 unspecified atom stereocenters. The molecule has 0 spiro atoms. The average molecular weight is 186 g/mol. The van der Waals surface area contributed by atoms with Crippen molar-refractivity contribution in [3.05, 3.63) is 0 Å². The van der Waals surface area contributed by atoms with Gasteiger partial charge in [-0.15, -0.1) is 0 Å². The lowest BCUT2D eigenvalue weighted by Gasteiger charge is -2.26. The Balaban J connectivity index is 2.51. The number of amides is 1. The minimum absolute atomic E-state index is 0.0709. The van der Waals surface area contributed by atoms with Crippen LogP contribution in [0, 0.1) is 0 Å². The number of carbonyl (C=O) groups is 1. The first-order valence-electron chi connectivity index (χ1n) is 4.59. The lowest BCUT2D eigenvalue weighted by Crippen LogP contribution is -2.40. The second-order valence-corrected chi connectivity index (χ2v) is 4.12. The smallest absolute Gasteiger partial charge is 0.251 e. The van der Waals surface area contributed by atoms with E-state index in [9.17, 15) is 4.79 Å². The molecule has 0 bridgehead atoms. The Bertz CT molecular complexity index is 204. The zero-order valence-electron chi connectivity index (χ0n) is 8.54. The quantitative estimate of drug-likeness (QED) is 0.673. The van der Waals surface area contributed by atoms with Gasteiger partial charge in [0.2, 0.25) is 0 Å². The Morgan fingerprint density at radius 1 is 1.69 bits per heavy atom. The minimum atomic E-state index is -0.397. The van der Waals surface area contributed by atoms with Gasteiger partial charge in [-0.25, -0.2) is 0 Å². The Morgan fingerprint density at radius 3 is 2.69 bits per heavy atom. The largest absolute Gasteiger partial charge is 0.361 e. The number of hydrogen-bond donors (Lipinski definition) is 1. The van der Waals surface area contributed by atoms with Crippen LogP contribution in [0.25, 0.3) is 0 Å². The summed E-state index contributed by atoms with van der Waals surface area (Å²) in [6.45, 7) is 5.02. The van der Waals surface area contributed by atoms with Gasteiger partial charge in [-0.2, -0.15) is 0 Å². The number of likely N-dealkylation sites (N-methyl/N-ethyl adjacent to an activating group) is 1. The maximum atomic E-state index is 11.5. The van der Waals surface area contributed by atoms with E-state index in [4.69, 9.17) is 10.5 Å². The van der Waals surface area contributed by atoms with Gasteiger partial charge >= 0.3 is 0 Å². The number of nitrogens with zero attached hydrogens (tertiary/aromatic N) is 1. The van der Waals surface area contributed by atoms with Crippen LogP contribution in [0.1, 0.15) is 20.3 Å². The first kappa shape index (κ1) is 10.5. The van der Waals surface area contributed by atoms with Crippen LogP contribution in [0.5, 0.6) is 0 Å². The molecule has 2 N–H and O–H groups in total. The highest BCUT2D eigenvalue weighted by atomic mass is 16.5. The second kappa shape index (κ2) is 3.64. The van der Waals surface area contributed by atoms with Gasteiger partial charge in [-0.05, 0) is 13.8 Å². The third kappa shape index (κ3) is 2.42. The highest BCUT2D eigenvalue weighted by molar-refractivity contribution is 5.82. The molecule has 1 atom stereocenters. The van der Waals surface area contributed by atoms with Gasteiger partial charge < -0.3 is 15.4 Å². The van der Waals surface area contributed by atoms with Crippen LogP contribution in [0.3, 0.4) is 0 Å². The summed E-state index contributed by atoms with van der Waals surface area (Å²) in [6.07, 6.45) is 0.488. The third-order valence-corrected chi connectivity index (χ3v) is 2.33. The van der Waals surface area contributed by atoms with E-state index in [0.29, 0.717) is 6.54 Å².